The van der Waals surface area contributed by atoms with Crippen molar-refractivity contribution in [1.82, 2.24) is 13.6 Å². The van der Waals surface area contributed by atoms with Gasteiger partial charge in [0.2, 0.25) is 0 Å². The Labute approximate surface area is 113 Å². The minimum absolute atomic E-state index is 0.209. The number of amides is 1. The van der Waals surface area contributed by atoms with Crippen molar-refractivity contribution in [3.05, 3.63) is 29.3 Å². The van der Waals surface area contributed by atoms with Crippen LogP contribution in [0.1, 0.15) is 0 Å². The summed E-state index contributed by atoms with van der Waals surface area (Å²) in [6.07, 6.45) is -0.488. The first kappa shape index (κ1) is 12.8. The zero-order chi connectivity index (χ0) is 13.1. The van der Waals surface area contributed by atoms with Crippen LogP contribution in [0.4, 0.5) is 4.79 Å². The molecule has 0 saturated carbocycles. The number of nitrogens with zero attached hydrogens (tertiary/aromatic N) is 3. The molecule has 0 atom stereocenters. The maximum atomic E-state index is 11.5. The Bertz CT molecular complexity index is 554. The highest BCUT2D eigenvalue weighted by molar-refractivity contribution is 6.99. The minimum atomic E-state index is -0.488. The lowest BCUT2D eigenvalue weighted by Gasteiger charge is -2.09. The highest BCUT2D eigenvalue weighted by Crippen LogP contribution is 2.28. The summed E-state index contributed by atoms with van der Waals surface area (Å²) in [4.78, 5) is 12.8. The van der Waals surface area contributed by atoms with Gasteiger partial charge in [-0.15, -0.1) is 4.37 Å². The van der Waals surface area contributed by atoms with Crippen LogP contribution in [0.3, 0.4) is 0 Å². The average Bonchev–Trinajstić information content (AvgIpc) is 2.78. The van der Waals surface area contributed by atoms with Crippen LogP contribution in [0, 0.1) is 0 Å². The molecule has 0 aliphatic rings. The second-order valence-electron chi connectivity index (χ2n) is 3.69. The van der Waals surface area contributed by atoms with Crippen LogP contribution in [-0.4, -0.2) is 33.8 Å². The fourth-order valence-corrected chi connectivity index (χ4v) is 1.84. The molecule has 0 N–H and O–H groups in total. The summed E-state index contributed by atoms with van der Waals surface area (Å²) in [5, 5.41) is 0.633. The quantitative estimate of drug-likeness (QED) is 0.850. The van der Waals surface area contributed by atoms with Gasteiger partial charge in [0.15, 0.2) is 0 Å². The maximum Gasteiger partial charge on any atom is 0.416 e. The number of benzene rings is 1. The van der Waals surface area contributed by atoms with Crippen molar-refractivity contribution in [2.24, 2.45) is 0 Å². The first-order chi connectivity index (χ1) is 8.58. The SMILES string of the molecule is CN(C)C(=O)Oc1nsnc1-c1ccc(Cl)cc1. The Morgan fingerprint density at radius 3 is 2.56 bits per heavy atom. The molecule has 0 fully saturated rings. The number of hydrogen-bond donors (Lipinski definition) is 0. The van der Waals surface area contributed by atoms with E-state index in [1.807, 2.05) is 0 Å². The standard InChI is InChI=1S/C11H10ClN3O2S/c1-15(2)11(16)17-10-9(13-18-14-10)7-3-5-8(12)6-4-7/h3-6H,1-2H3. The van der Waals surface area contributed by atoms with E-state index in [0.29, 0.717) is 10.7 Å². The first-order valence-electron chi connectivity index (χ1n) is 5.05. The van der Waals surface area contributed by atoms with Crippen molar-refractivity contribution in [3.63, 3.8) is 0 Å². The molecule has 1 aromatic carbocycles. The Morgan fingerprint density at radius 1 is 1.28 bits per heavy atom. The predicted molar refractivity (Wildman–Crippen MR) is 70.1 cm³/mol. The zero-order valence-electron chi connectivity index (χ0n) is 9.75. The van der Waals surface area contributed by atoms with E-state index >= 15 is 0 Å². The summed E-state index contributed by atoms with van der Waals surface area (Å²) < 4.78 is 13.2. The van der Waals surface area contributed by atoms with Gasteiger partial charge in [0, 0.05) is 24.7 Å². The van der Waals surface area contributed by atoms with E-state index in [9.17, 15) is 4.79 Å². The Morgan fingerprint density at radius 2 is 1.94 bits per heavy atom. The molecule has 0 spiro atoms. The highest BCUT2D eigenvalue weighted by Gasteiger charge is 2.16. The summed E-state index contributed by atoms with van der Waals surface area (Å²) in [6, 6.07) is 7.08. The molecule has 1 amide bonds. The molecule has 0 aliphatic heterocycles. The number of aromatic nitrogens is 2. The van der Waals surface area contributed by atoms with E-state index in [1.54, 1.807) is 38.4 Å². The molecule has 7 heteroatoms. The van der Waals surface area contributed by atoms with Gasteiger partial charge in [-0.3, -0.25) is 0 Å². The van der Waals surface area contributed by atoms with Gasteiger partial charge in [0.05, 0.1) is 11.7 Å². The third-order valence-corrected chi connectivity index (χ3v) is 2.89. The predicted octanol–water partition coefficient (Wildman–Crippen LogP) is 2.92. The van der Waals surface area contributed by atoms with Crippen molar-refractivity contribution >= 4 is 29.4 Å². The fraction of sp³-hybridized carbons (Fsp3) is 0.182. The van der Waals surface area contributed by atoms with Gasteiger partial charge >= 0.3 is 6.09 Å². The van der Waals surface area contributed by atoms with E-state index in [4.69, 9.17) is 16.3 Å². The van der Waals surface area contributed by atoms with Crippen molar-refractivity contribution in [1.29, 1.82) is 0 Å². The lowest BCUT2D eigenvalue weighted by atomic mass is 10.2. The summed E-state index contributed by atoms with van der Waals surface area (Å²) in [5.41, 5.74) is 1.33. The summed E-state index contributed by atoms with van der Waals surface area (Å²) in [6.45, 7) is 0. The molecule has 0 saturated heterocycles. The van der Waals surface area contributed by atoms with Crippen molar-refractivity contribution in [3.8, 4) is 17.1 Å². The Hall–Kier alpha value is -1.66. The first-order valence-corrected chi connectivity index (χ1v) is 6.16. The molecule has 2 aromatic rings. The number of carbonyl (C=O) groups excluding carboxylic acids is 1. The molecule has 0 unspecified atom stereocenters. The second kappa shape index (κ2) is 5.32. The summed E-state index contributed by atoms with van der Waals surface area (Å²) >= 11 is 6.80. The Kier molecular flexibility index (Phi) is 3.78. The van der Waals surface area contributed by atoms with Crippen LogP contribution >= 0.6 is 23.3 Å². The van der Waals surface area contributed by atoms with E-state index in [-0.39, 0.29) is 5.88 Å². The molecule has 2 rings (SSSR count). The minimum Gasteiger partial charge on any atom is -0.388 e. The van der Waals surface area contributed by atoms with Gasteiger partial charge < -0.3 is 9.64 Å². The van der Waals surface area contributed by atoms with E-state index in [0.717, 1.165) is 17.3 Å². The average molecular weight is 284 g/mol. The maximum absolute atomic E-state index is 11.5. The monoisotopic (exact) mass is 283 g/mol. The van der Waals surface area contributed by atoms with Gasteiger partial charge in [-0.25, -0.2) is 4.79 Å². The van der Waals surface area contributed by atoms with Crippen LogP contribution in [0.5, 0.6) is 5.88 Å². The van der Waals surface area contributed by atoms with Gasteiger partial charge in [0.1, 0.15) is 5.69 Å². The van der Waals surface area contributed by atoms with E-state index < -0.39 is 6.09 Å². The number of hydrogen-bond acceptors (Lipinski definition) is 5. The van der Waals surface area contributed by atoms with Crippen molar-refractivity contribution in [2.45, 2.75) is 0 Å². The molecular weight excluding hydrogens is 274 g/mol. The third kappa shape index (κ3) is 2.77. The molecule has 0 aliphatic carbocycles. The number of rotatable bonds is 2. The molecule has 1 heterocycles. The van der Waals surface area contributed by atoms with Crippen molar-refractivity contribution < 1.29 is 9.53 Å². The Balaban J connectivity index is 2.27. The summed E-state index contributed by atoms with van der Waals surface area (Å²) in [5.74, 6) is 0.209. The number of ether oxygens (including phenoxy) is 1. The van der Waals surface area contributed by atoms with Gasteiger partial charge in [0.25, 0.3) is 5.88 Å². The van der Waals surface area contributed by atoms with Crippen LogP contribution in [0.25, 0.3) is 11.3 Å². The molecule has 0 radical (unpaired) electrons. The lowest BCUT2D eigenvalue weighted by molar-refractivity contribution is 0.170. The molecule has 0 bridgehead atoms. The van der Waals surface area contributed by atoms with Crippen LogP contribution in [0.15, 0.2) is 24.3 Å². The third-order valence-electron chi connectivity index (χ3n) is 2.13. The molecule has 94 valence electrons. The van der Waals surface area contributed by atoms with Crippen LogP contribution < -0.4 is 4.74 Å². The van der Waals surface area contributed by atoms with Crippen LogP contribution in [-0.2, 0) is 0 Å². The second-order valence-corrected chi connectivity index (χ2v) is 4.65. The molecule has 1 aromatic heterocycles. The normalized spacial score (nSPS) is 10.2. The summed E-state index contributed by atoms with van der Waals surface area (Å²) in [7, 11) is 3.20. The molecular formula is C11H10ClN3O2S. The van der Waals surface area contributed by atoms with E-state index in [2.05, 4.69) is 8.75 Å². The number of carbonyl (C=O) groups is 1. The van der Waals surface area contributed by atoms with Gasteiger partial charge in [-0.1, -0.05) is 23.7 Å². The largest absolute Gasteiger partial charge is 0.416 e. The van der Waals surface area contributed by atoms with Gasteiger partial charge in [-0.2, -0.15) is 4.37 Å². The topological polar surface area (TPSA) is 55.3 Å². The fourth-order valence-electron chi connectivity index (χ4n) is 1.21. The lowest BCUT2D eigenvalue weighted by Crippen LogP contribution is -2.25. The van der Waals surface area contributed by atoms with Crippen LogP contribution in [0.2, 0.25) is 5.02 Å². The molecule has 18 heavy (non-hydrogen) atoms. The smallest absolute Gasteiger partial charge is 0.388 e. The zero-order valence-corrected chi connectivity index (χ0v) is 11.3. The number of halogens is 1. The van der Waals surface area contributed by atoms with Crippen molar-refractivity contribution in [2.75, 3.05) is 14.1 Å². The van der Waals surface area contributed by atoms with Gasteiger partial charge in [-0.05, 0) is 12.1 Å². The van der Waals surface area contributed by atoms with E-state index in [1.165, 1.54) is 4.90 Å². The highest BCUT2D eigenvalue weighted by atomic mass is 35.5. The molecule has 5 nitrogen and oxygen atoms in total.